The molecule has 1 fully saturated rings. The summed E-state index contributed by atoms with van der Waals surface area (Å²) in [4.78, 5) is 4.14. The van der Waals surface area contributed by atoms with Crippen LogP contribution < -0.4 is 4.74 Å². The van der Waals surface area contributed by atoms with Crippen molar-refractivity contribution in [3.63, 3.8) is 0 Å². The quantitative estimate of drug-likeness (QED) is 0.694. The molecule has 1 aromatic heterocycles. The molecule has 2 heterocycles. The SMILES string of the molecule is CCCCC1COC(CCc2ccc(OC)cc2)(Cn2ccnc2)O1. The summed E-state index contributed by atoms with van der Waals surface area (Å²) in [5, 5.41) is 0. The number of methoxy groups -OCH3 is 1. The van der Waals surface area contributed by atoms with Gasteiger partial charge in [0.2, 0.25) is 0 Å². The minimum atomic E-state index is -0.570. The first-order chi connectivity index (χ1) is 12.2. The summed E-state index contributed by atoms with van der Waals surface area (Å²) >= 11 is 0. The van der Waals surface area contributed by atoms with Crippen molar-refractivity contribution >= 4 is 0 Å². The number of nitrogens with zero attached hydrogens (tertiary/aromatic N) is 2. The fraction of sp³-hybridized carbons (Fsp3) is 0.550. The Bertz CT molecular complexity index is 627. The molecule has 2 aromatic rings. The van der Waals surface area contributed by atoms with Crippen LogP contribution in [0.2, 0.25) is 0 Å². The molecule has 5 heteroatoms. The first-order valence-electron chi connectivity index (χ1n) is 9.13. The normalized spacial score (nSPS) is 23.0. The second-order valence-electron chi connectivity index (χ2n) is 6.69. The minimum Gasteiger partial charge on any atom is -0.497 e. The third kappa shape index (κ3) is 4.83. The summed E-state index contributed by atoms with van der Waals surface area (Å²) in [7, 11) is 1.69. The highest BCUT2D eigenvalue weighted by atomic mass is 16.7. The van der Waals surface area contributed by atoms with Gasteiger partial charge in [-0.05, 0) is 30.5 Å². The van der Waals surface area contributed by atoms with E-state index in [1.54, 1.807) is 13.3 Å². The number of hydrogen-bond donors (Lipinski definition) is 0. The summed E-state index contributed by atoms with van der Waals surface area (Å²) < 4.78 is 19.9. The second-order valence-corrected chi connectivity index (χ2v) is 6.69. The molecule has 5 nitrogen and oxygen atoms in total. The van der Waals surface area contributed by atoms with E-state index < -0.39 is 5.79 Å². The Labute approximate surface area is 149 Å². The van der Waals surface area contributed by atoms with Gasteiger partial charge in [0.25, 0.3) is 0 Å². The monoisotopic (exact) mass is 344 g/mol. The topological polar surface area (TPSA) is 45.5 Å². The molecule has 2 atom stereocenters. The number of benzene rings is 1. The Kier molecular flexibility index (Phi) is 6.10. The fourth-order valence-electron chi connectivity index (χ4n) is 3.27. The van der Waals surface area contributed by atoms with Gasteiger partial charge in [0, 0.05) is 18.8 Å². The highest BCUT2D eigenvalue weighted by molar-refractivity contribution is 5.27. The molecule has 136 valence electrons. The second kappa shape index (κ2) is 8.50. The Morgan fingerprint density at radius 2 is 2.16 bits per heavy atom. The molecule has 0 saturated carbocycles. The maximum atomic E-state index is 6.40. The van der Waals surface area contributed by atoms with Gasteiger partial charge in [-0.25, -0.2) is 4.98 Å². The van der Waals surface area contributed by atoms with Crippen molar-refractivity contribution in [1.82, 2.24) is 9.55 Å². The molecule has 1 saturated heterocycles. The Balaban J connectivity index is 1.65. The van der Waals surface area contributed by atoms with Crippen LogP contribution >= 0.6 is 0 Å². The van der Waals surface area contributed by atoms with Gasteiger partial charge in [0.15, 0.2) is 5.79 Å². The molecule has 0 amide bonds. The lowest BCUT2D eigenvalue weighted by atomic mass is 10.0. The molecule has 1 aromatic carbocycles. The molecule has 2 unspecified atom stereocenters. The number of aromatic nitrogens is 2. The molecule has 1 aliphatic heterocycles. The van der Waals surface area contributed by atoms with Gasteiger partial charge in [0.05, 0.1) is 32.7 Å². The minimum absolute atomic E-state index is 0.194. The molecular weight excluding hydrogens is 316 g/mol. The van der Waals surface area contributed by atoms with E-state index in [4.69, 9.17) is 14.2 Å². The zero-order valence-corrected chi connectivity index (χ0v) is 15.2. The van der Waals surface area contributed by atoms with Gasteiger partial charge in [-0.3, -0.25) is 0 Å². The predicted octanol–water partition coefficient (Wildman–Crippen LogP) is 3.83. The van der Waals surface area contributed by atoms with Crippen molar-refractivity contribution in [2.24, 2.45) is 0 Å². The maximum absolute atomic E-state index is 6.40. The van der Waals surface area contributed by atoms with Crippen molar-refractivity contribution in [2.75, 3.05) is 13.7 Å². The first kappa shape index (κ1) is 18.0. The van der Waals surface area contributed by atoms with E-state index in [9.17, 15) is 0 Å². The summed E-state index contributed by atoms with van der Waals surface area (Å²) in [6.45, 7) is 3.56. The third-order valence-electron chi connectivity index (χ3n) is 4.73. The largest absolute Gasteiger partial charge is 0.497 e. The van der Waals surface area contributed by atoms with Gasteiger partial charge in [-0.1, -0.05) is 31.9 Å². The summed E-state index contributed by atoms with van der Waals surface area (Å²) in [5.41, 5.74) is 1.26. The van der Waals surface area contributed by atoms with Gasteiger partial charge < -0.3 is 18.8 Å². The van der Waals surface area contributed by atoms with E-state index >= 15 is 0 Å². The predicted molar refractivity (Wildman–Crippen MR) is 96.6 cm³/mol. The maximum Gasteiger partial charge on any atom is 0.187 e. The van der Waals surface area contributed by atoms with E-state index in [1.165, 1.54) is 18.4 Å². The number of ether oxygens (including phenoxy) is 3. The highest BCUT2D eigenvalue weighted by Crippen LogP contribution is 2.32. The molecular formula is C20H28N2O3. The van der Waals surface area contributed by atoms with Crippen LogP contribution in [0.15, 0.2) is 43.0 Å². The standard InChI is InChI=1S/C20H28N2O3/c1-3-4-5-19-14-24-20(25-19,15-22-13-12-21-16-22)11-10-17-6-8-18(23-2)9-7-17/h6-9,12-13,16,19H,3-5,10-11,14-15H2,1-2H3. The third-order valence-corrected chi connectivity index (χ3v) is 4.73. The van der Waals surface area contributed by atoms with Gasteiger partial charge in [-0.2, -0.15) is 0 Å². The number of hydrogen-bond acceptors (Lipinski definition) is 4. The Hall–Kier alpha value is -1.85. The van der Waals surface area contributed by atoms with Crippen molar-refractivity contribution < 1.29 is 14.2 Å². The van der Waals surface area contributed by atoms with Crippen molar-refractivity contribution in [3.05, 3.63) is 48.5 Å². The molecule has 1 aliphatic rings. The van der Waals surface area contributed by atoms with Crippen molar-refractivity contribution in [3.8, 4) is 5.75 Å². The van der Waals surface area contributed by atoms with Crippen LogP contribution in [0.3, 0.4) is 0 Å². The molecule has 0 spiro atoms. The van der Waals surface area contributed by atoms with E-state index in [1.807, 2.05) is 29.2 Å². The van der Waals surface area contributed by atoms with Crippen molar-refractivity contribution in [1.29, 1.82) is 0 Å². The van der Waals surface area contributed by atoms with E-state index in [0.717, 1.165) is 25.0 Å². The first-order valence-corrected chi connectivity index (χ1v) is 9.13. The molecule has 0 radical (unpaired) electrons. The molecule has 25 heavy (non-hydrogen) atoms. The van der Waals surface area contributed by atoms with Crippen LogP contribution in [0.1, 0.15) is 38.2 Å². The van der Waals surface area contributed by atoms with Crippen LogP contribution in [0, 0.1) is 0 Å². The summed E-state index contributed by atoms with van der Waals surface area (Å²) in [6.07, 6.45) is 10.9. The number of unbranched alkanes of at least 4 members (excludes halogenated alkanes) is 1. The molecule has 3 rings (SSSR count). The average Bonchev–Trinajstić information content (AvgIpc) is 3.29. The van der Waals surface area contributed by atoms with Crippen molar-refractivity contribution in [2.45, 2.75) is 57.5 Å². The fourth-order valence-corrected chi connectivity index (χ4v) is 3.27. The number of rotatable bonds is 9. The highest BCUT2D eigenvalue weighted by Gasteiger charge is 2.41. The summed E-state index contributed by atoms with van der Waals surface area (Å²) in [5.74, 6) is 0.309. The zero-order chi connectivity index (χ0) is 17.5. The van der Waals surface area contributed by atoms with Crippen LogP contribution in [0.5, 0.6) is 5.75 Å². The number of aryl methyl sites for hydroxylation is 1. The van der Waals surface area contributed by atoms with Gasteiger partial charge in [0.1, 0.15) is 5.75 Å². The van der Waals surface area contributed by atoms with E-state index in [2.05, 4.69) is 24.0 Å². The van der Waals surface area contributed by atoms with Crippen LogP contribution in [-0.2, 0) is 22.4 Å². The van der Waals surface area contributed by atoms with Gasteiger partial charge >= 0.3 is 0 Å². The average molecular weight is 344 g/mol. The number of imidazole rings is 1. The molecule has 0 N–H and O–H groups in total. The van der Waals surface area contributed by atoms with Gasteiger partial charge in [-0.15, -0.1) is 0 Å². The molecule has 0 aliphatic carbocycles. The van der Waals surface area contributed by atoms with Crippen LogP contribution in [-0.4, -0.2) is 35.2 Å². The van der Waals surface area contributed by atoms with E-state index in [-0.39, 0.29) is 6.10 Å². The lowest BCUT2D eigenvalue weighted by molar-refractivity contribution is -0.182. The van der Waals surface area contributed by atoms with Crippen LogP contribution in [0.4, 0.5) is 0 Å². The van der Waals surface area contributed by atoms with E-state index in [0.29, 0.717) is 13.2 Å². The smallest absolute Gasteiger partial charge is 0.187 e. The Morgan fingerprint density at radius 1 is 1.32 bits per heavy atom. The lowest BCUT2D eigenvalue weighted by Gasteiger charge is -2.28. The lowest BCUT2D eigenvalue weighted by Crippen LogP contribution is -2.36. The summed E-state index contributed by atoms with van der Waals surface area (Å²) in [6, 6.07) is 8.21. The zero-order valence-electron chi connectivity index (χ0n) is 15.2. The van der Waals surface area contributed by atoms with Crippen LogP contribution in [0.25, 0.3) is 0 Å². The Morgan fingerprint density at radius 3 is 2.84 bits per heavy atom. The molecule has 0 bridgehead atoms.